The van der Waals surface area contributed by atoms with Crippen molar-refractivity contribution in [2.45, 2.75) is 12.5 Å². The van der Waals surface area contributed by atoms with E-state index in [0.29, 0.717) is 26.9 Å². The van der Waals surface area contributed by atoms with Gasteiger partial charge in [-0.25, -0.2) is 4.39 Å². The highest BCUT2D eigenvalue weighted by atomic mass is 79.9. The quantitative estimate of drug-likeness (QED) is 0.696. The van der Waals surface area contributed by atoms with Gasteiger partial charge < -0.3 is 10.1 Å². The smallest absolute Gasteiger partial charge is 0.143 e. The van der Waals surface area contributed by atoms with Crippen molar-refractivity contribution in [3.05, 3.63) is 56.2 Å². The first-order valence-electron chi connectivity index (χ1n) is 6.38. The van der Waals surface area contributed by atoms with Crippen LogP contribution in [-0.2, 0) is 0 Å². The van der Waals surface area contributed by atoms with E-state index < -0.39 is 0 Å². The SMILES string of the molecule is Fc1ccc(NC2CCOc3c(Cl)cc(Cl)cc32)cc1Br. The van der Waals surface area contributed by atoms with E-state index in [1.807, 2.05) is 6.07 Å². The molecule has 0 saturated heterocycles. The fourth-order valence-corrected chi connectivity index (χ4v) is 3.31. The zero-order valence-electron chi connectivity index (χ0n) is 10.8. The molecule has 0 radical (unpaired) electrons. The summed E-state index contributed by atoms with van der Waals surface area (Å²) in [5, 5.41) is 4.44. The van der Waals surface area contributed by atoms with Crippen LogP contribution in [0.1, 0.15) is 18.0 Å². The Morgan fingerprint density at radius 2 is 2.05 bits per heavy atom. The van der Waals surface area contributed by atoms with Crippen molar-refractivity contribution in [2.75, 3.05) is 11.9 Å². The van der Waals surface area contributed by atoms with Gasteiger partial charge in [-0.1, -0.05) is 23.2 Å². The van der Waals surface area contributed by atoms with E-state index >= 15 is 0 Å². The van der Waals surface area contributed by atoms with Crippen molar-refractivity contribution < 1.29 is 9.13 Å². The number of anilines is 1. The highest BCUT2D eigenvalue weighted by molar-refractivity contribution is 9.10. The van der Waals surface area contributed by atoms with Gasteiger partial charge in [0.05, 0.1) is 22.1 Å². The highest BCUT2D eigenvalue weighted by Crippen LogP contribution is 2.41. The molecule has 1 aliphatic rings. The maximum absolute atomic E-state index is 13.3. The fourth-order valence-electron chi connectivity index (χ4n) is 2.36. The Balaban J connectivity index is 1.93. The van der Waals surface area contributed by atoms with Crippen LogP contribution in [0.3, 0.4) is 0 Å². The number of halogens is 4. The Kier molecular flexibility index (Phi) is 4.29. The number of fused-ring (bicyclic) bond motifs is 1. The summed E-state index contributed by atoms with van der Waals surface area (Å²) >= 11 is 15.4. The molecule has 0 spiro atoms. The minimum Gasteiger partial charge on any atom is -0.492 e. The van der Waals surface area contributed by atoms with Gasteiger partial charge in [-0.15, -0.1) is 0 Å². The van der Waals surface area contributed by atoms with Crippen molar-refractivity contribution >= 4 is 44.8 Å². The second kappa shape index (κ2) is 6.03. The molecule has 1 unspecified atom stereocenters. The average Bonchev–Trinajstić information content (AvgIpc) is 2.44. The van der Waals surface area contributed by atoms with Gasteiger partial charge in [0.2, 0.25) is 0 Å². The van der Waals surface area contributed by atoms with Crippen LogP contribution in [0.4, 0.5) is 10.1 Å². The number of benzene rings is 2. The maximum atomic E-state index is 13.3. The molecule has 1 aliphatic heterocycles. The van der Waals surface area contributed by atoms with E-state index in [4.69, 9.17) is 27.9 Å². The molecule has 21 heavy (non-hydrogen) atoms. The molecule has 0 fully saturated rings. The van der Waals surface area contributed by atoms with Gasteiger partial charge in [-0.3, -0.25) is 0 Å². The highest BCUT2D eigenvalue weighted by Gasteiger charge is 2.24. The van der Waals surface area contributed by atoms with Crippen LogP contribution >= 0.6 is 39.1 Å². The van der Waals surface area contributed by atoms with Crippen LogP contribution in [0, 0.1) is 5.82 Å². The van der Waals surface area contributed by atoms with E-state index in [9.17, 15) is 4.39 Å². The molecule has 2 nitrogen and oxygen atoms in total. The van der Waals surface area contributed by atoms with Crippen LogP contribution in [0.5, 0.6) is 5.75 Å². The third-order valence-corrected chi connectivity index (χ3v) is 4.43. The molecule has 6 heteroatoms. The van der Waals surface area contributed by atoms with Gasteiger partial charge in [0, 0.05) is 22.7 Å². The number of ether oxygens (including phenoxy) is 1. The molecule has 0 bridgehead atoms. The second-order valence-electron chi connectivity index (χ2n) is 4.77. The lowest BCUT2D eigenvalue weighted by Crippen LogP contribution is -2.20. The van der Waals surface area contributed by atoms with Crippen LogP contribution in [-0.4, -0.2) is 6.61 Å². The summed E-state index contributed by atoms with van der Waals surface area (Å²) in [5.74, 6) is 0.366. The summed E-state index contributed by atoms with van der Waals surface area (Å²) in [6.45, 7) is 0.564. The molecule has 0 saturated carbocycles. The van der Waals surface area contributed by atoms with Gasteiger partial charge in [0.25, 0.3) is 0 Å². The lowest BCUT2D eigenvalue weighted by molar-refractivity contribution is 0.274. The molecular formula is C15H11BrCl2FNO. The van der Waals surface area contributed by atoms with Crippen molar-refractivity contribution in [3.8, 4) is 5.75 Å². The van der Waals surface area contributed by atoms with Gasteiger partial charge in [0.15, 0.2) is 0 Å². The molecule has 1 atom stereocenters. The lowest BCUT2D eigenvalue weighted by atomic mass is 10.00. The fraction of sp³-hybridized carbons (Fsp3) is 0.200. The predicted molar refractivity (Wildman–Crippen MR) is 87.0 cm³/mol. The van der Waals surface area contributed by atoms with Crippen molar-refractivity contribution in [3.63, 3.8) is 0 Å². The first-order chi connectivity index (χ1) is 10.0. The third-order valence-electron chi connectivity index (χ3n) is 3.33. The normalized spacial score (nSPS) is 17.0. The molecule has 2 aromatic rings. The first-order valence-corrected chi connectivity index (χ1v) is 7.93. The van der Waals surface area contributed by atoms with Crippen LogP contribution in [0.2, 0.25) is 10.0 Å². The molecule has 3 rings (SSSR count). The third kappa shape index (κ3) is 3.12. The van der Waals surface area contributed by atoms with Crippen LogP contribution in [0.15, 0.2) is 34.8 Å². The summed E-state index contributed by atoms with van der Waals surface area (Å²) < 4.78 is 19.3. The minimum absolute atomic E-state index is 0.0160. The van der Waals surface area contributed by atoms with Crippen LogP contribution < -0.4 is 10.1 Å². The zero-order valence-corrected chi connectivity index (χ0v) is 13.9. The van der Waals surface area contributed by atoms with Crippen molar-refractivity contribution in [1.82, 2.24) is 0 Å². The largest absolute Gasteiger partial charge is 0.492 e. The molecular weight excluding hydrogens is 380 g/mol. The van der Waals surface area contributed by atoms with Crippen molar-refractivity contribution in [2.24, 2.45) is 0 Å². The van der Waals surface area contributed by atoms with E-state index in [1.165, 1.54) is 6.07 Å². The van der Waals surface area contributed by atoms with E-state index in [0.717, 1.165) is 17.7 Å². The lowest BCUT2D eigenvalue weighted by Gasteiger charge is -2.28. The average molecular weight is 391 g/mol. The Morgan fingerprint density at radius 1 is 1.24 bits per heavy atom. The zero-order chi connectivity index (χ0) is 15.0. The molecule has 110 valence electrons. The molecule has 1 heterocycles. The van der Waals surface area contributed by atoms with Gasteiger partial charge in [0.1, 0.15) is 11.6 Å². The summed E-state index contributed by atoms with van der Waals surface area (Å²) in [6, 6.07) is 8.34. The minimum atomic E-state index is -0.293. The number of hydrogen-bond acceptors (Lipinski definition) is 2. The molecule has 1 N–H and O–H groups in total. The Morgan fingerprint density at radius 3 is 2.81 bits per heavy atom. The van der Waals surface area contributed by atoms with E-state index in [2.05, 4.69) is 21.2 Å². The van der Waals surface area contributed by atoms with Crippen LogP contribution in [0.25, 0.3) is 0 Å². The summed E-state index contributed by atoms with van der Waals surface area (Å²) in [4.78, 5) is 0. The summed E-state index contributed by atoms with van der Waals surface area (Å²) in [7, 11) is 0. The molecule has 0 aliphatic carbocycles. The Bertz CT molecular complexity index is 696. The second-order valence-corrected chi connectivity index (χ2v) is 6.47. The van der Waals surface area contributed by atoms with Gasteiger partial charge in [-0.05, 0) is 46.3 Å². The maximum Gasteiger partial charge on any atom is 0.143 e. The summed E-state index contributed by atoms with van der Waals surface area (Å²) in [5.41, 5.74) is 1.73. The Hall–Kier alpha value is -0.970. The molecule has 2 aromatic carbocycles. The summed E-state index contributed by atoms with van der Waals surface area (Å²) in [6.07, 6.45) is 0.776. The number of hydrogen-bond donors (Lipinski definition) is 1. The number of rotatable bonds is 2. The van der Waals surface area contributed by atoms with E-state index in [1.54, 1.807) is 18.2 Å². The standard InChI is InChI=1S/C15H11BrCl2FNO/c16-11-7-9(1-2-13(11)19)20-14-3-4-21-15-10(14)5-8(17)6-12(15)18/h1-2,5-7,14,20H,3-4H2. The Labute approximate surface area is 140 Å². The van der Waals surface area contributed by atoms with Gasteiger partial charge in [-0.2, -0.15) is 0 Å². The molecule has 0 aromatic heterocycles. The molecule has 0 amide bonds. The van der Waals surface area contributed by atoms with E-state index in [-0.39, 0.29) is 11.9 Å². The monoisotopic (exact) mass is 389 g/mol. The topological polar surface area (TPSA) is 21.3 Å². The number of nitrogens with one attached hydrogen (secondary N) is 1. The predicted octanol–water partition coefficient (Wildman–Crippen LogP) is 5.83. The van der Waals surface area contributed by atoms with Crippen molar-refractivity contribution in [1.29, 1.82) is 0 Å². The van der Waals surface area contributed by atoms with Gasteiger partial charge >= 0.3 is 0 Å². The first kappa shape index (κ1) is 14.9.